The zero-order valence-corrected chi connectivity index (χ0v) is 14.9. The van der Waals surface area contributed by atoms with Gasteiger partial charge in [-0.1, -0.05) is 38.4 Å². The molecule has 0 spiro atoms. The first kappa shape index (κ1) is 16.2. The molecule has 0 radical (unpaired) electrons. The molecule has 0 saturated carbocycles. The minimum absolute atomic E-state index is 0.0415. The van der Waals surface area contributed by atoms with Gasteiger partial charge in [-0.05, 0) is 24.6 Å². The Hall–Kier alpha value is -1.66. The van der Waals surface area contributed by atoms with Crippen molar-refractivity contribution in [2.75, 3.05) is 16.8 Å². The summed E-state index contributed by atoms with van der Waals surface area (Å²) in [7, 11) is 0. The summed E-state index contributed by atoms with van der Waals surface area (Å²) < 4.78 is 4.37. The number of nitrogens with one attached hydrogen (secondary N) is 1. The van der Waals surface area contributed by atoms with Crippen LogP contribution in [0, 0.1) is 0 Å². The van der Waals surface area contributed by atoms with E-state index < -0.39 is 0 Å². The van der Waals surface area contributed by atoms with Gasteiger partial charge in [-0.2, -0.15) is 4.37 Å². The van der Waals surface area contributed by atoms with Gasteiger partial charge in [-0.15, -0.1) is 0 Å². The van der Waals surface area contributed by atoms with Gasteiger partial charge in [0, 0.05) is 34.2 Å². The molecule has 2 heterocycles. The fourth-order valence-electron chi connectivity index (χ4n) is 2.45. The van der Waals surface area contributed by atoms with Crippen molar-refractivity contribution < 1.29 is 4.79 Å². The topological polar surface area (TPSA) is 58.1 Å². The van der Waals surface area contributed by atoms with E-state index in [9.17, 15) is 4.79 Å². The van der Waals surface area contributed by atoms with E-state index in [4.69, 9.17) is 11.6 Å². The van der Waals surface area contributed by atoms with Gasteiger partial charge in [0.1, 0.15) is 11.9 Å². The summed E-state index contributed by atoms with van der Waals surface area (Å²) in [5.74, 6) is 0.835. The van der Waals surface area contributed by atoms with Crippen LogP contribution in [0.25, 0.3) is 0 Å². The summed E-state index contributed by atoms with van der Waals surface area (Å²) in [6.07, 6.45) is 0.732. The molecule has 7 heteroatoms. The van der Waals surface area contributed by atoms with Crippen LogP contribution in [0.15, 0.2) is 24.3 Å². The minimum atomic E-state index is -0.269. The average molecular weight is 351 g/mol. The minimum Gasteiger partial charge on any atom is -0.348 e. The van der Waals surface area contributed by atoms with Crippen molar-refractivity contribution in [3.8, 4) is 0 Å². The molecule has 1 fully saturated rings. The Kier molecular flexibility index (Phi) is 4.29. The predicted molar refractivity (Wildman–Crippen MR) is 94.4 cm³/mol. The Balaban J connectivity index is 1.71. The molecule has 5 nitrogen and oxygen atoms in total. The maximum Gasteiger partial charge on any atom is 0.249 e. The second-order valence-corrected chi connectivity index (χ2v) is 7.82. The van der Waals surface area contributed by atoms with Gasteiger partial charge in [0.2, 0.25) is 11.0 Å². The Morgan fingerprint density at radius 1 is 1.39 bits per heavy atom. The van der Waals surface area contributed by atoms with Gasteiger partial charge in [-0.3, -0.25) is 4.79 Å². The van der Waals surface area contributed by atoms with Gasteiger partial charge in [-0.25, -0.2) is 4.98 Å². The molecule has 1 amide bonds. The van der Waals surface area contributed by atoms with Crippen LogP contribution in [0.1, 0.15) is 33.0 Å². The van der Waals surface area contributed by atoms with Crippen LogP contribution < -0.4 is 10.2 Å². The second-order valence-electron chi connectivity index (χ2n) is 6.63. The van der Waals surface area contributed by atoms with Crippen molar-refractivity contribution in [2.24, 2.45) is 0 Å². The quantitative estimate of drug-likeness (QED) is 0.916. The van der Waals surface area contributed by atoms with E-state index in [1.165, 1.54) is 11.5 Å². The molecule has 1 saturated heterocycles. The SMILES string of the molecule is CC(C)(C)c1nsc(NC2CCN(c3cccc(Cl)c3)C2=O)n1. The first-order chi connectivity index (χ1) is 10.8. The van der Waals surface area contributed by atoms with Gasteiger partial charge >= 0.3 is 0 Å². The number of halogens is 1. The summed E-state index contributed by atoms with van der Waals surface area (Å²) >= 11 is 7.31. The number of carbonyl (C=O) groups excluding carboxylic acids is 1. The lowest BCUT2D eigenvalue weighted by atomic mass is 9.96. The number of anilines is 2. The highest BCUT2D eigenvalue weighted by molar-refractivity contribution is 7.09. The number of hydrogen-bond donors (Lipinski definition) is 1. The Morgan fingerprint density at radius 2 is 2.17 bits per heavy atom. The van der Waals surface area contributed by atoms with Crippen molar-refractivity contribution in [1.82, 2.24) is 9.36 Å². The van der Waals surface area contributed by atoms with Crippen molar-refractivity contribution in [3.05, 3.63) is 35.1 Å². The van der Waals surface area contributed by atoms with Crippen LogP contribution in [0.2, 0.25) is 5.02 Å². The highest BCUT2D eigenvalue weighted by atomic mass is 35.5. The molecule has 23 heavy (non-hydrogen) atoms. The van der Waals surface area contributed by atoms with E-state index in [0.29, 0.717) is 16.7 Å². The van der Waals surface area contributed by atoms with E-state index in [1.807, 2.05) is 18.2 Å². The molecular weight excluding hydrogens is 332 g/mol. The first-order valence-electron chi connectivity index (χ1n) is 7.52. The standard InChI is InChI=1S/C16H19ClN4OS/c1-16(2,3)14-19-15(23-20-14)18-12-7-8-21(13(12)22)11-6-4-5-10(17)9-11/h4-6,9,12H,7-8H2,1-3H3,(H,18,19,20). The van der Waals surface area contributed by atoms with Crippen LogP contribution in [0.5, 0.6) is 0 Å². The molecule has 1 aliphatic rings. The second kappa shape index (κ2) is 6.09. The monoisotopic (exact) mass is 350 g/mol. The number of benzene rings is 1. The zero-order valence-electron chi connectivity index (χ0n) is 13.3. The van der Waals surface area contributed by atoms with Crippen LogP contribution in [-0.4, -0.2) is 27.9 Å². The fraction of sp³-hybridized carbons (Fsp3) is 0.438. The van der Waals surface area contributed by atoms with Crippen molar-refractivity contribution in [3.63, 3.8) is 0 Å². The summed E-state index contributed by atoms with van der Waals surface area (Å²) in [6.45, 7) is 6.88. The first-order valence-corrected chi connectivity index (χ1v) is 8.67. The Morgan fingerprint density at radius 3 is 2.83 bits per heavy atom. The third-order valence-electron chi connectivity index (χ3n) is 3.72. The van der Waals surface area contributed by atoms with Crippen LogP contribution >= 0.6 is 23.1 Å². The molecule has 122 valence electrons. The summed E-state index contributed by atoms with van der Waals surface area (Å²) in [5.41, 5.74) is 0.739. The van der Waals surface area contributed by atoms with E-state index >= 15 is 0 Å². The highest BCUT2D eigenvalue weighted by Gasteiger charge is 2.33. The predicted octanol–water partition coefficient (Wildman–Crippen LogP) is 3.71. The highest BCUT2D eigenvalue weighted by Crippen LogP contribution is 2.28. The lowest BCUT2D eigenvalue weighted by molar-refractivity contribution is -0.117. The molecular formula is C16H19ClN4OS. The smallest absolute Gasteiger partial charge is 0.249 e. The molecule has 1 unspecified atom stereocenters. The third kappa shape index (κ3) is 3.48. The van der Waals surface area contributed by atoms with Crippen LogP contribution in [-0.2, 0) is 10.2 Å². The molecule has 3 rings (SSSR count). The Bertz CT molecular complexity index is 725. The van der Waals surface area contributed by atoms with E-state index in [2.05, 4.69) is 35.4 Å². The Labute approximate surface area is 144 Å². The van der Waals surface area contributed by atoms with Crippen LogP contribution in [0.4, 0.5) is 10.8 Å². The van der Waals surface area contributed by atoms with Gasteiger partial charge in [0.05, 0.1) is 0 Å². The van der Waals surface area contributed by atoms with Crippen molar-refractivity contribution in [1.29, 1.82) is 0 Å². The van der Waals surface area contributed by atoms with E-state index in [-0.39, 0.29) is 17.4 Å². The molecule has 1 aromatic carbocycles. The van der Waals surface area contributed by atoms with Crippen molar-refractivity contribution >= 4 is 39.9 Å². The number of hydrogen-bond acceptors (Lipinski definition) is 5. The molecule has 0 bridgehead atoms. The number of nitrogens with zero attached hydrogens (tertiary/aromatic N) is 3. The molecule has 1 N–H and O–H groups in total. The van der Waals surface area contributed by atoms with Crippen LogP contribution in [0.3, 0.4) is 0 Å². The maximum atomic E-state index is 12.6. The number of rotatable bonds is 3. The number of aromatic nitrogens is 2. The van der Waals surface area contributed by atoms with Crippen molar-refractivity contribution in [2.45, 2.75) is 38.6 Å². The van der Waals surface area contributed by atoms with Gasteiger partial charge in [0.25, 0.3) is 0 Å². The molecule has 0 aliphatic carbocycles. The normalized spacial score (nSPS) is 18.5. The summed E-state index contributed by atoms with van der Waals surface area (Å²) in [6, 6.07) is 7.09. The lowest BCUT2D eigenvalue weighted by Gasteiger charge is -2.17. The van der Waals surface area contributed by atoms with E-state index in [1.54, 1.807) is 11.0 Å². The summed E-state index contributed by atoms with van der Waals surface area (Å²) in [4.78, 5) is 18.9. The zero-order chi connectivity index (χ0) is 16.6. The molecule has 2 aromatic rings. The van der Waals surface area contributed by atoms with Gasteiger partial charge in [0.15, 0.2) is 0 Å². The fourth-order valence-corrected chi connectivity index (χ4v) is 3.44. The third-order valence-corrected chi connectivity index (χ3v) is 4.60. The number of amides is 1. The lowest BCUT2D eigenvalue weighted by Crippen LogP contribution is -2.33. The molecule has 1 aromatic heterocycles. The number of carbonyl (C=O) groups is 1. The molecule has 1 aliphatic heterocycles. The van der Waals surface area contributed by atoms with Gasteiger partial charge < -0.3 is 10.2 Å². The largest absolute Gasteiger partial charge is 0.348 e. The maximum absolute atomic E-state index is 12.6. The molecule has 1 atom stereocenters. The average Bonchev–Trinajstić information content (AvgIpc) is 3.07. The summed E-state index contributed by atoms with van der Waals surface area (Å²) in [5, 5.41) is 4.54. The van der Waals surface area contributed by atoms with E-state index in [0.717, 1.165) is 17.9 Å².